The summed E-state index contributed by atoms with van der Waals surface area (Å²) in [6, 6.07) is 3.82. The highest BCUT2D eigenvalue weighted by molar-refractivity contribution is 14.1. The lowest BCUT2D eigenvalue weighted by atomic mass is 9.99. The summed E-state index contributed by atoms with van der Waals surface area (Å²) in [5.74, 6) is 2.03. The monoisotopic (exact) mass is 420 g/mol. The van der Waals surface area contributed by atoms with Crippen LogP contribution in [0.2, 0.25) is 0 Å². The van der Waals surface area contributed by atoms with Gasteiger partial charge in [0.2, 0.25) is 0 Å². The summed E-state index contributed by atoms with van der Waals surface area (Å²) in [6.07, 6.45) is 5.85. The van der Waals surface area contributed by atoms with Crippen molar-refractivity contribution < 1.29 is 4.39 Å². The molecule has 0 radical (unpaired) electrons. The van der Waals surface area contributed by atoms with Gasteiger partial charge in [0.05, 0.1) is 14.6 Å². The van der Waals surface area contributed by atoms with Crippen molar-refractivity contribution in [3.05, 3.63) is 27.3 Å². The molecule has 0 spiro atoms. The van der Waals surface area contributed by atoms with Crippen LogP contribution in [0, 0.1) is 15.3 Å². The average Bonchev–Trinajstić information content (AvgIpc) is 3.07. The number of imidazole rings is 1. The quantitative estimate of drug-likeness (QED) is 0.484. The van der Waals surface area contributed by atoms with E-state index in [1.807, 2.05) is 28.7 Å². The molecule has 1 aromatic carbocycles. The van der Waals surface area contributed by atoms with Crippen molar-refractivity contribution in [2.45, 2.75) is 45.1 Å². The zero-order valence-corrected chi connectivity index (χ0v) is 15.0. The van der Waals surface area contributed by atoms with Crippen LogP contribution < -0.4 is 0 Å². The highest BCUT2D eigenvalue weighted by atomic mass is 127. The first kappa shape index (κ1) is 15.5. The normalized spacial score (nSPS) is 17.7. The maximum atomic E-state index is 14.0. The topological polar surface area (TPSA) is 17.8 Å². The highest BCUT2D eigenvalue weighted by Gasteiger charge is 2.26. The lowest BCUT2D eigenvalue weighted by molar-refractivity contribution is 0.360. The maximum Gasteiger partial charge on any atom is 0.138 e. The minimum atomic E-state index is -0.166. The second kappa shape index (κ2) is 6.41. The summed E-state index contributed by atoms with van der Waals surface area (Å²) in [7, 11) is 0. The Balaban J connectivity index is 2.12. The second-order valence-corrected chi connectivity index (χ2v) is 7.42. The molecule has 1 saturated carbocycles. The van der Waals surface area contributed by atoms with E-state index in [1.165, 1.54) is 25.7 Å². The molecular formula is C16H19ClFIN2. The Morgan fingerprint density at radius 3 is 2.81 bits per heavy atom. The van der Waals surface area contributed by atoms with Crippen LogP contribution in [0.5, 0.6) is 0 Å². The third-order valence-electron chi connectivity index (χ3n) is 4.61. The van der Waals surface area contributed by atoms with Crippen LogP contribution in [0.3, 0.4) is 0 Å². The third-order valence-corrected chi connectivity index (χ3v) is 5.63. The van der Waals surface area contributed by atoms with Crippen LogP contribution in [-0.2, 0) is 6.42 Å². The number of nitrogens with zero attached hydrogens (tertiary/aromatic N) is 2. The summed E-state index contributed by atoms with van der Waals surface area (Å²) >= 11 is 7.95. The van der Waals surface area contributed by atoms with Gasteiger partial charge in [0.15, 0.2) is 0 Å². The van der Waals surface area contributed by atoms with Gasteiger partial charge in [-0.1, -0.05) is 12.8 Å². The van der Waals surface area contributed by atoms with Crippen LogP contribution in [-0.4, -0.2) is 15.4 Å². The fourth-order valence-electron chi connectivity index (χ4n) is 3.51. The number of benzene rings is 1. The average molecular weight is 421 g/mol. The molecule has 1 aromatic heterocycles. The molecule has 1 unspecified atom stereocenters. The summed E-state index contributed by atoms with van der Waals surface area (Å²) in [6.45, 7) is 2.24. The SMILES string of the molecule is CC(C1CCCC1)n1c(CCCl)nc2cc(I)c(F)cc21. The fourth-order valence-corrected chi connectivity index (χ4v) is 4.13. The summed E-state index contributed by atoms with van der Waals surface area (Å²) in [4.78, 5) is 4.70. The van der Waals surface area contributed by atoms with Gasteiger partial charge in [0.25, 0.3) is 0 Å². The number of aromatic nitrogens is 2. The molecule has 1 heterocycles. The summed E-state index contributed by atoms with van der Waals surface area (Å²) in [5, 5.41) is 0. The van der Waals surface area contributed by atoms with Gasteiger partial charge in [-0.25, -0.2) is 9.37 Å². The van der Waals surface area contributed by atoms with Crippen LogP contribution in [0.15, 0.2) is 12.1 Å². The molecule has 3 rings (SSSR count). The van der Waals surface area contributed by atoms with Crippen LogP contribution >= 0.6 is 34.2 Å². The first-order valence-corrected chi connectivity index (χ1v) is 9.15. The van der Waals surface area contributed by atoms with E-state index in [-0.39, 0.29) is 5.82 Å². The zero-order chi connectivity index (χ0) is 15.0. The number of fused-ring (bicyclic) bond motifs is 1. The van der Waals surface area contributed by atoms with Crippen molar-refractivity contribution in [3.8, 4) is 0 Å². The number of hydrogen-bond acceptors (Lipinski definition) is 1. The van der Waals surface area contributed by atoms with E-state index in [1.54, 1.807) is 6.07 Å². The van der Waals surface area contributed by atoms with E-state index in [0.29, 0.717) is 21.4 Å². The lowest BCUT2D eigenvalue weighted by Gasteiger charge is -2.23. The number of alkyl halides is 1. The van der Waals surface area contributed by atoms with Gasteiger partial charge in [-0.2, -0.15) is 0 Å². The van der Waals surface area contributed by atoms with Crippen LogP contribution in [0.25, 0.3) is 11.0 Å². The first-order chi connectivity index (χ1) is 10.1. The van der Waals surface area contributed by atoms with E-state index < -0.39 is 0 Å². The van der Waals surface area contributed by atoms with Crippen molar-refractivity contribution in [1.82, 2.24) is 9.55 Å². The second-order valence-electron chi connectivity index (χ2n) is 5.88. The van der Waals surface area contributed by atoms with Gasteiger partial charge in [0.1, 0.15) is 11.6 Å². The Bertz CT molecular complexity index is 649. The smallest absolute Gasteiger partial charge is 0.138 e. The van der Waals surface area contributed by atoms with E-state index >= 15 is 0 Å². The molecule has 0 bridgehead atoms. The largest absolute Gasteiger partial charge is 0.325 e. The van der Waals surface area contributed by atoms with Gasteiger partial charge in [-0.3, -0.25) is 0 Å². The standard InChI is InChI=1S/C16H19ClFIN2/c1-10(11-4-2-3-5-11)21-15-8-12(18)13(19)9-14(15)20-16(21)6-7-17/h8-11H,2-7H2,1H3. The van der Waals surface area contributed by atoms with Crippen LogP contribution in [0.1, 0.15) is 44.5 Å². The van der Waals surface area contributed by atoms with Crippen molar-refractivity contribution in [2.75, 3.05) is 5.88 Å². The molecule has 0 N–H and O–H groups in total. The van der Waals surface area contributed by atoms with Gasteiger partial charge < -0.3 is 4.57 Å². The molecule has 21 heavy (non-hydrogen) atoms. The molecular weight excluding hydrogens is 402 g/mol. The predicted molar refractivity (Wildman–Crippen MR) is 93.5 cm³/mol. The van der Waals surface area contributed by atoms with Crippen molar-refractivity contribution in [2.24, 2.45) is 5.92 Å². The maximum absolute atomic E-state index is 14.0. The molecule has 5 heteroatoms. The number of rotatable bonds is 4. The van der Waals surface area contributed by atoms with Crippen LogP contribution in [0.4, 0.5) is 4.39 Å². The van der Waals surface area contributed by atoms with Gasteiger partial charge in [-0.15, -0.1) is 11.6 Å². The Kier molecular flexibility index (Phi) is 4.74. The van der Waals surface area contributed by atoms with E-state index in [2.05, 4.69) is 11.5 Å². The highest BCUT2D eigenvalue weighted by Crippen LogP contribution is 2.37. The van der Waals surface area contributed by atoms with E-state index in [9.17, 15) is 4.39 Å². The van der Waals surface area contributed by atoms with Crippen molar-refractivity contribution in [3.63, 3.8) is 0 Å². The first-order valence-electron chi connectivity index (χ1n) is 7.53. The Hall–Kier alpha value is -0.360. The molecule has 114 valence electrons. The molecule has 0 amide bonds. The minimum absolute atomic E-state index is 0.166. The molecule has 1 fully saturated rings. The third kappa shape index (κ3) is 2.93. The fraction of sp³-hybridized carbons (Fsp3) is 0.562. The lowest BCUT2D eigenvalue weighted by Crippen LogP contribution is -2.17. The van der Waals surface area contributed by atoms with Gasteiger partial charge >= 0.3 is 0 Å². The summed E-state index contributed by atoms with van der Waals surface area (Å²) in [5.41, 5.74) is 1.79. The molecule has 1 aliphatic rings. The van der Waals surface area contributed by atoms with E-state index in [0.717, 1.165) is 23.3 Å². The number of hydrogen-bond donors (Lipinski definition) is 0. The number of halogens is 3. The molecule has 1 atom stereocenters. The van der Waals surface area contributed by atoms with Crippen molar-refractivity contribution in [1.29, 1.82) is 0 Å². The number of aryl methyl sites for hydroxylation is 1. The Morgan fingerprint density at radius 1 is 1.43 bits per heavy atom. The van der Waals surface area contributed by atoms with Crippen molar-refractivity contribution >= 4 is 45.2 Å². The molecule has 0 aliphatic heterocycles. The molecule has 2 nitrogen and oxygen atoms in total. The summed E-state index contributed by atoms with van der Waals surface area (Å²) < 4.78 is 16.8. The van der Waals surface area contributed by atoms with Gasteiger partial charge in [0, 0.05) is 24.4 Å². The Morgan fingerprint density at radius 2 is 2.14 bits per heavy atom. The molecule has 1 aliphatic carbocycles. The minimum Gasteiger partial charge on any atom is -0.325 e. The molecule has 2 aromatic rings. The zero-order valence-electron chi connectivity index (χ0n) is 12.1. The van der Waals surface area contributed by atoms with Gasteiger partial charge in [-0.05, 0) is 54.3 Å². The Labute approximate surface area is 143 Å². The molecule has 0 saturated heterocycles. The van der Waals surface area contributed by atoms with E-state index in [4.69, 9.17) is 16.6 Å². The predicted octanol–water partition coefficient (Wildman–Crippen LogP) is 5.31.